The van der Waals surface area contributed by atoms with Gasteiger partial charge in [-0.25, -0.2) is 0 Å². The van der Waals surface area contributed by atoms with Crippen molar-refractivity contribution >= 4 is 5.97 Å². The number of aliphatic hydroxyl groups is 1. The van der Waals surface area contributed by atoms with Crippen LogP contribution in [0, 0.1) is 46.3 Å². The fourth-order valence-electron chi connectivity index (χ4n) is 8.48. The number of rotatable bonds is 1. The molecule has 0 unspecified atom stereocenters. The van der Waals surface area contributed by atoms with E-state index in [1.165, 1.54) is 26.2 Å². The highest BCUT2D eigenvalue weighted by Crippen LogP contribution is 2.68. The van der Waals surface area contributed by atoms with E-state index < -0.39 is 5.60 Å². The summed E-state index contributed by atoms with van der Waals surface area (Å²) in [6.45, 7) is 6.39. The molecule has 4 saturated carbocycles. The van der Waals surface area contributed by atoms with Crippen LogP contribution in [0.25, 0.3) is 0 Å². The molecule has 32 heavy (non-hydrogen) atoms. The van der Waals surface area contributed by atoms with Crippen molar-refractivity contribution in [1.29, 1.82) is 0 Å². The molecular weight excluding hydrogens is 396 g/mol. The molecule has 172 valence electrons. The molecular formula is C29H38O3. The maximum absolute atomic E-state index is 11.8. The van der Waals surface area contributed by atoms with E-state index in [2.05, 4.69) is 25.7 Å². The summed E-state index contributed by atoms with van der Waals surface area (Å²) in [6.07, 6.45) is 9.94. The molecule has 1 aromatic rings. The largest absolute Gasteiger partial charge is 0.463 e. The molecule has 0 aromatic heterocycles. The van der Waals surface area contributed by atoms with Gasteiger partial charge in [-0.1, -0.05) is 43.9 Å². The summed E-state index contributed by atoms with van der Waals surface area (Å²) in [7, 11) is 0. The van der Waals surface area contributed by atoms with Crippen molar-refractivity contribution in [1.82, 2.24) is 0 Å². The van der Waals surface area contributed by atoms with Crippen molar-refractivity contribution in [3.05, 3.63) is 35.9 Å². The van der Waals surface area contributed by atoms with Crippen molar-refractivity contribution in [3.8, 4) is 11.8 Å². The third kappa shape index (κ3) is 3.41. The first kappa shape index (κ1) is 22.0. The third-order valence-electron chi connectivity index (χ3n) is 10.3. The van der Waals surface area contributed by atoms with Crippen molar-refractivity contribution in [2.75, 3.05) is 0 Å². The van der Waals surface area contributed by atoms with Gasteiger partial charge in [0.25, 0.3) is 0 Å². The molecule has 8 atom stereocenters. The number of benzene rings is 1. The zero-order valence-corrected chi connectivity index (χ0v) is 19.9. The van der Waals surface area contributed by atoms with E-state index >= 15 is 0 Å². The van der Waals surface area contributed by atoms with Gasteiger partial charge < -0.3 is 9.84 Å². The van der Waals surface area contributed by atoms with Gasteiger partial charge in [0.2, 0.25) is 0 Å². The van der Waals surface area contributed by atoms with Crippen molar-refractivity contribution in [3.63, 3.8) is 0 Å². The van der Waals surface area contributed by atoms with Gasteiger partial charge in [-0.3, -0.25) is 4.79 Å². The summed E-state index contributed by atoms with van der Waals surface area (Å²) in [6, 6.07) is 10.1. The maximum Gasteiger partial charge on any atom is 0.302 e. The lowest BCUT2D eigenvalue weighted by Crippen LogP contribution is -2.56. The zero-order chi connectivity index (χ0) is 22.6. The molecule has 1 aromatic carbocycles. The van der Waals surface area contributed by atoms with Gasteiger partial charge in [-0.05, 0) is 99.0 Å². The first-order valence-electron chi connectivity index (χ1n) is 12.7. The van der Waals surface area contributed by atoms with Gasteiger partial charge >= 0.3 is 5.97 Å². The monoisotopic (exact) mass is 434 g/mol. The fraction of sp³-hybridized carbons (Fsp3) is 0.690. The lowest BCUT2D eigenvalue weighted by Gasteiger charge is -2.61. The van der Waals surface area contributed by atoms with Crippen molar-refractivity contribution in [2.24, 2.45) is 34.5 Å². The Morgan fingerprint density at radius 3 is 2.50 bits per heavy atom. The SMILES string of the molecule is CC(=O)O[C@@H]1CC[C@@]2(C)[C@H](CC[C@@H]3[C@@H]2CC[C@@]2(C)[C@H]3CC[C@]2(O)C#Cc2ccccc2)C1. The number of carbonyl (C=O) groups excluding carboxylic acids is 1. The minimum Gasteiger partial charge on any atom is -0.463 e. The van der Waals surface area contributed by atoms with Gasteiger partial charge in [0.15, 0.2) is 0 Å². The highest BCUT2D eigenvalue weighted by molar-refractivity contribution is 5.66. The number of ether oxygens (including phenoxy) is 1. The minimum absolute atomic E-state index is 0.112. The normalized spacial score (nSPS) is 44.9. The Morgan fingerprint density at radius 2 is 1.75 bits per heavy atom. The Bertz CT molecular complexity index is 929. The average molecular weight is 435 g/mol. The molecule has 4 aliphatic rings. The minimum atomic E-state index is -0.886. The second kappa shape index (κ2) is 7.91. The molecule has 1 N–H and O–H groups in total. The van der Waals surface area contributed by atoms with Crippen LogP contribution >= 0.6 is 0 Å². The van der Waals surface area contributed by atoms with Gasteiger partial charge in [0, 0.05) is 17.9 Å². The Morgan fingerprint density at radius 1 is 1.00 bits per heavy atom. The van der Waals surface area contributed by atoms with E-state index in [0.29, 0.717) is 23.2 Å². The first-order chi connectivity index (χ1) is 15.3. The van der Waals surface area contributed by atoms with Crippen LogP contribution in [0.2, 0.25) is 0 Å². The second-order valence-electron chi connectivity index (χ2n) is 11.6. The Hall–Kier alpha value is -1.79. The number of esters is 1. The van der Waals surface area contributed by atoms with Crippen LogP contribution in [0.15, 0.2) is 30.3 Å². The molecule has 0 saturated heterocycles. The van der Waals surface area contributed by atoms with E-state index in [0.717, 1.165) is 50.0 Å². The molecule has 3 nitrogen and oxygen atoms in total. The summed E-state index contributed by atoms with van der Waals surface area (Å²) >= 11 is 0. The summed E-state index contributed by atoms with van der Waals surface area (Å²) in [5, 5.41) is 11.8. The summed E-state index contributed by atoms with van der Waals surface area (Å²) in [5.41, 5.74) is 0.327. The average Bonchev–Trinajstić information content (AvgIpc) is 3.04. The summed E-state index contributed by atoms with van der Waals surface area (Å²) < 4.78 is 5.61. The molecule has 0 spiro atoms. The highest BCUT2D eigenvalue weighted by Gasteiger charge is 2.64. The molecule has 0 bridgehead atoms. The smallest absolute Gasteiger partial charge is 0.302 e. The van der Waals surface area contributed by atoms with Crippen molar-refractivity contribution in [2.45, 2.75) is 90.3 Å². The molecule has 3 heteroatoms. The number of hydrogen-bond donors (Lipinski definition) is 1. The van der Waals surface area contributed by atoms with Gasteiger partial charge in [0.05, 0.1) is 0 Å². The molecule has 5 rings (SSSR count). The lowest BCUT2D eigenvalue weighted by molar-refractivity contribution is -0.163. The summed E-state index contributed by atoms with van der Waals surface area (Å²) in [4.78, 5) is 11.5. The second-order valence-corrected chi connectivity index (χ2v) is 11.6. The van der Waals surface area contributed by atoms with E-state index in [1.54, 1.807) is 0 Å². The van der Waals surface area contributed by atoms with Crippen molar-refractivity contribution < 1.29 is 14.6 Å². The standard InChI is InChI=1S/C29H38O3/c1-20(30)32-23-12-15-27(2)22(19-23)9-10-24-25(27)13-16-28(3)26(24)14-18-29(28,31)17-11-21-7-5-4-6-8-21/h4-8,22-26,31H,9-10,12-16,18-19H2,1-3H3/t22-,23-,24-,25+,26+,27+,28+,29-/m1/s1. The predicted molar refractivity (Wildman–Crippen MR) is 126 cm³/mol. The van der Waals surface area contributed by atoms with Crippen LogP contribution in [0.4, 0.5) is 0 Å². The number of fused-ring (bicyclic) bond motifs is 5. The Balaban J connectivity index is 1.36. The van der Waals surface area contributed by atoms with Crippen LogP contribution in [-0.2, 0) is 9.53 Å². The highest BCUT2D eigenvalue weighted by atomic mass is 16.5. The van der Waals surface area contributed by atoms with Crippen LogP contribution < -0.4 is 0 Å². The van der Waals surface area contributed by atoms with Gasteiger partial charge in [-0.2, -0.15) is 0 Å². The zero-order valence-electron chi connectivity index (χ0n) is 19.9. The van der Waals surface area contributed by atoms with Crippen LogP contribution in [0.3, 0.4) is 0 Å². The third-order valence-corrected chi connectivity index (χ3v) is 10.3. The van der Waals surface area contributed by atoms with E-state index in [4.69, 9.17) is 4.74 Å². The predicted octanol–water partition coefficient (Wildman–Crippen LogP) is 5.74. The van der Waals surface area contributed by atoms with Crippen LogP contribution in [0.5, 0.6) is 0 Å². The number of carbonyl (C=O) groups is 1. The van der Waals surface area contributed by atoms with Gasteiger partial charge in [0.1, 0.15) is 11.7 Å². The quantitative estimate of drug-likeness (QED) is 0.453. The van der Waals surface area contributed by atoms with E-state index in [1.807, 2.05) is 30.3 Å². The maximum atomic E-state index is 11.8. The topological polar surface area (TPSA) is 46.5 Å². The molecule has 0 heterocycles. The summed E-state index contributed by atoms with van der Waals surface area (Å²) in [5.74, 6) is 9.13. The number of hydrogen-bond acceptors (Lipinski definition) is 3. The van der Waals surface area contributed by atoms with Gasteiger partial charge in [-0.15, -0.1) is 0 Å². The first-order valence-corrected chi connectivity index (χ1v) is 12.7. The van der Waals surface area contributed by atoms with E-state index in [-0.39, 0.29) is 17.5 Å². The Labute approximate surface area is 193 Å². The fourth-order valence-corrected chi connectivity index (χ4v) is 8.48. The molecule has 4 aliphatic carbocycles. The van der Waals surface area contributed by atoms with Crippen LogP contribution in [0.1, 0.15) is 84.1 Å². The lowest BCUT2D eigenvalue weighted by atomic mass is 9.44. The van der Waals surface area contributed by atoms with Crippen LogP contribution in [-0.4, -0.2) is 22.8 Å². The van der Waals surface area contributed by atoms with E-state index in [9.17, 15) is 9.90 Å². The Kier molecular flexibility index (Phi) is 5.44. The molecule has 0 radical (unpaired) electrons. The molecule has 4 fully saturated rings. The molecule has 0 amide bonds. The molecule has 0 aliphatic heterocycles.